The van der Waals surface area contributed by atoms with E-state index in [1.165, 1.54) is 10.7 Å². The number of nitrogens with one attached hydrogen (secondary N) is 1. The molecule has 0 aliphatic carbocycles. The van der Waals surface area contributed by atoms with Gasteiger partial charge in [-0.05, 0) is 35.9 Å². The molecule has 94 valence electrons. The fraction of sp³-hybridized carbons (Fsp3) is 0.545. The van der Waals surface area contributed by atoms with E-state index in [0.717, 1.165) is 16.4 Å². The maximum absolute atomic E-state index is 11.7. The second kappa shape index (κ2) is 6.73. The molecule has 0 saturated carbocycles. The molecule has 1 N–H and O–H groups in total. The number of hydrogen-bond acceptors (Lipinski definition) is 3. The first-order chi connectivity index (χ1) is 8.06. The summed E-state index contributed by atoms with van der Waals surface area (Å²) in [6.45, 7) is 4.36. The molecule has 6 heteroatoms. The average Bonchev–Trinajstić information content (AvgIpc) is 2.28. The molecule has 1 unspecified atom stereocenters. The van der Waals surface area contributed by atoms with E-state index in [4.69, 9.17) is 0 Å². The molecule has 0 aliphatic rings. The zero-order valence-electron chi connectivity index (χ0n) is 9.94. The van der Waals surface area contributed by atoms with E-state index < -0.39 is 6.04 Å². The normalized spacial score (nSPS) is 12.2. The highest BCUT2D eigenvalue weighted by Crippen LogP contribution is 2.02. The summed E-state index contributed by atoms with van der Waals surface area (Å²) in [7, 11) is 0. The Kier molecular flexibility index (Phi) is 5.60. The zero-order valence-corrected chi connectivity index (χ0v) is 12.1. The molecule has 1 atom stereocenters. The van der Waals surface area contributed by atoms with Crippen LogP contribution in [0.4, 0.5) is 0 Å². The Morgan fingerprint density at radius 1 is 1.65 bits per heavy atom. The molecular weight excluding hydrogens is 333 g/mol. The van der Waals surface area contributed by atoms with Crippen molar-refractivity contribution in [1.82, 2.24) is 15.1 Å². The molecule has 1 heterocycles. The number of unbranched alkanes of at least 4 members (excludes halogenated alkanes) is 1. The van der Waals surface area contributed by atoms with Gasteiger partial charge in [-0.15, -0.1) is 0 Å². The zero-order chi connectivity index (χ0) is 12.8. The number of nitrogens with zero attached hydrogens (tertiary/aromatic N) is 2. The number of rotatable bonds is 5. The Balaban J connectivity index is 2.71. The summed E-state index contributed by atoms with van der Waals surface area (Å²) in [6, 6.07) is 0.889. The molecule has 0 saturated heterocycles. The van der Waals surface area contributed by atoms with Gasteiger partial charge in [0, 0.05) is 16.2 Å². The van der Waals surface area contributed by atoms with Crippen LogP contribution < -0.4 is 10.9 Å². The molecule has 1 aromatic heterocycles. The molecule has 0 aliphatic heterocycles. The Labute approximate surface area is 114 Å². The van der Waals surface area contributed by atoms with E-state index >= 15 is 0 Å². The molecule has 1 rings (SSSR count). The number of hydrogen-bond donors (Lipinski definition) is 1. The molecule has 0 radical (unpaired) electrons. The predicted molar refractivity (Wildman–Crippen MR) is 73.8 cm³/mol. The lowest BCUT2D eigenvalue weighted by Gasteiger charge is -2.13. The maximum atomic E-state index is 11.7. The molecule has 0 fully saturated rings. The van der Waals surface area contributed by atoms with Crippen molar-refractivity contribution in [3.63, 3.8) is 0 Å². The molecule has 0 aromatic carbocycles. The highest BCUT2D eigenvalue weighted by Gasteiger charge is 2.16. The third-order valence-electron chi connectivity index (χ3n) is 2.37. The molecule has 0 bridgehead atoms. The standard InChI is InChI=1S/C11H16IN3O2/c1-3-4-5-13-11(17)8(2)15-10(16)6-9(12)7-14-15/h6-8H,3-5H2,1-2H3,(H,13,17). The minimum Gasteiger partial charge on any atom is -0.354 e. The lowest BCUT2D eigenvalue weighted by Crippen LogP contribution is -2.37. The first-order valence-corrected chi connectivity index (χ1v) is 6.66. The lowest BCUT2D eigenvalue weighted by atomic mass is 10.3. The van der Waals surface area contributed by atoms with Gasteiger partial charge >= 0.3 is 0 Å². The fourth-order valence-corrected chi connectivity index (χ4v) is 1.72. The van der Waals surface area contributed by atoms with Crippen molar-refractivity contribution in [3.8, 4) is 0 Å². The van der Waals surface area contributed by atoms with Gasteiger partial charge < -0.3 is 5.32 Å². The largest absolute Gasteiger partial charge is 0.354 e. The highest BCUT2D eigenvalue weighted by molar-refractivity contribution is 14.1. The lowest BCUT2D eigenvalue weighted by molar-refractivity contribution is -0.124. The molecule has 5 nitrogen and oxygen atoms in total. The van der Waals surface area contributed by atoms with Crippen LogP contribution in [0.1, 0.15) is 32.7 Å². The quantitative estimate of drug-likeness (QED) is 0.644. The van der Waals surface area contributed by atoms with Gasteiger partial charge in [-0.3, -0.25) is 9.59 Å². The van der Waals surface area contributed by atoms with E-state index in [2.05, 4.69) is 17.3 Å². The van der Waals surface area contributed by atoms with Crippen LogP contribution in [0, 0.1) is 3.57 Å². The first-order valence-electron chi connectivity index (χ1n) is 5.58. The molecule has 1 aromatic rings. The smallest absolute Gasteiger partial charge is 0.268 e. The van der Waals surface area contributed by atoms with Crippen LogP contribution in [0.3, 0.4) is 0 Å². The van der Waals surface area contributed by atoms with Crippen LogP contribution in [0.2, 0.25) is 0 Å². The second-order valence-corrected chi connectivity index (χ2v) is 5.02. The third-order valence-corrected chi connectivity index (χ3v) is 2.96. The van der Waals surface area contributed by atoms with Crippen LogP contribution in [-0.2, 0) is 4.79 Å². The first kappa shape index (κ1) is 14.1. The summed E-state index contributed by atoms with van der Waals surface area (Å²) >= 11 is 2.01. The highest BCUT2D eigenvalue weighted by atomic mass is 127. The summed E-state index contributed by atoms with van der Waals surface area (Å²) in [5, 5.41) is 6.75. The Morgan fingerprint density at radius 2 is 2.35 bits per heavy atom. The van der Waals surface area contributed by atoms with Crippen molar-refractivity contribution in [1.29, 1.82) is 0 Å². The molecule has 17 heavy (non-hydrogen) atoms. The van der Waals surface area contributed by atoms with Gasteiger partial charge in [0.05, 0.1) is 6.20 Å². The topological polar surface area (TPSA) is 64.0 Å². The summed E-state index contributed by atoms with van der Waals surface area (Å²) in [4.78, 5) is 23.4. The number of amides is 1. The van der Waals surface area contributed by atoms with Crippen molar-refractivity contribution in [2.75, 3.05) is 6.54 Å². The van der Waals surface area contributed by atoms with Crippen LogP contribution in [0.15, 0.2) is 17.1 Å². The second-order valence-electron chi connectivity index (χ2n) is 3.78. The van der Waals surface area contributed by atoms with Crippen LogP contribution in [0.5, 0.6) is 0 Å². The molecular formula is C11H16IN3O2. The maximum Gasteiger partial charge on any atom is 0.268 e. The summed E-state index contributed by atoms with van der Waals surface area (Å²) < 4.78 is 1.96. The monoisotopic (exact) mass is 349 g/mol. The Morgan fingerprint density at radius 3 is 2.94 bits per heavy atom. The average molecular weight is 349 g/mol. The predicted octanol–water partition coefficient (Wildman–Crippen LogP) is 1.33. The van der Waals surface area contributed by atoms with Gasteiger partial charge in [0.15, 0.2) is 0 Å². The van der Waals surface area contributed by atoms with Gasteiger partial charge in [0.1, 0.15) is 6.04 Å². The Bertz CT molecular complexity index is 445. The van der Waals surface area contributed by atoms with Crippen LogP contribution in [-0.4, -0.2) is 22.2 Å². The molecule has 1 amide bonds. The van der Waals surface area contributed by atoms with Gasteiger partial charge in [-0.1, -0.05) is 13.3 Å². The summed E-state index contributed by atoms with van der Waals surface area (Å²) in [5.74, 6) is -0.172. The van der Waals surface area contributed by atoms with E-state index in [1.54, 1.807) is 13.1 Å². The molecule has 0 spiro atoms. The van der Waals surface area contributed by atoms with E-state index in [9.17, 15) is 9.59 Å². The van der Waals surface area contributed by atoms with Crippen molar-refractivity contribution in [2.45, 2.75) is 32.7 Å². The van der Waals surface area contributed by atoms with Crippen molar-refractivity contribution in [2.24, 2.45) is 0 Å². The van der Waals surface area contributed by atoms with Crippen LogP contribution in [0.25, 0.3) is 0 Å². The number of halogens is 1. The van der Waals surface area contributed by atoms with E-state index in [1.807, 2.05) is 22.6 Å². The van der Waals surface area contributed by atoms with Gasteiger partial charge in [0.25, 0.3) is 5.56 Å². The SMILES string of the molecule is CCCCNC(=O)C(C)n1ncc(I)cc1=O. The third kappa shape index (κ3) is 4.10. The number of carbonyl (C=O) groups is 1. The minimum atomic E-state index is -0.573. The van der Waals surface area contributed by atoms with Crippen molar-refractivity contribution < 1.29 is 4.79 Å². The van der Waals surface area contributed by atoms with Crippen molar-refractivity contribution >= 4 is 28.5 Å². The number of carbonyl (C=O) groups excluding carboxylic acids is 1. The van der Waals surface area contributed by atoms with Gasteiger partial charge in [-0.25, -0.2) is 4.68 Å². The summed E-state index contributed by atoms with van der Waals surface area (Å²) in [5.41, 5.74) is -0.255. The summed E-state index contributed by atoms with van der Waals surface area (Å²) in [6.07, 6.45) is 3.53. The van der Waals surface area contributed by atoms with Gasteiger partial charge in [-0.2, -0.15) is 5.10 Å². The Hall–Kier alpha value is -0.920. The number of aromatic nitrogens is 2. The van der Waals surface area contributed by atoms with E-state index in [-0.39, 0.29) is 11.5 Å². The van der Waals surface area contributed by atoms with Crippen molar-refractivity contribution in [3.05, 3.63) is 26.2 Å². The fourth-order valence-electron chi connectivity index (χ4n) is 1.33. The minimum absolute atomic E-state index is 0.172. The van der Waals surface area contributed by atoms with Gasteiger partial charge in [0.2, 0.25) is 5.91 Å². The van der Waals surface area contributed by atoms with Crippen LogP contribution >= 0.6 is 22.6 Å². The van der Waals surface area contributed by atoms with E-state index in [0.29, 0.717) is 6.54 Å².